The first kappa shape index (κ1) is 24.3. The summed E-state index contributed by atoms with van der Waals surface area (Å²) in [4.78, 5) is 11.0. The number of aliphatic carboxylic acids is 1. The van der Waals surface area contributed by atoms with Crippen LogP contribution in [0.5, 0.6) is 0 Å². The average molecular weight is 416 g/mol. The van der Waals surface area contributed by atoms with Gasteiger partial charge in [-0.25, -0.2) is 0 Å². The second kappa shape index (κ2) is 12.0. The lowest BCUT2D eigenvalue weighted by molar-refractivity contribution is -0.142. The van der Waals surface area contributed by atoms with Crippen molar-refractivity contribution >= 4 is 16.7 Å². The molecule has 166 valence electrons. The monoisotopic (exact) mass is 415 g/mol. The molecule has 2 rings (SSSR count). The molecule has 5 heteroatoms. The Morgan fingerprint density at radius 1 is 1.17 bits per heavy atom. The van der Waals surface area contributed by atoms with Crippen molar-refractivity contribution < 1.29 is 19.7 Å². The van der Waals surface area contributed by atoms with Crippen molar-refractivity contribution in [3.05, 3.63) is 47.5 Å². The highest BCUT2D eigenvalue weighted by Gasteiger charge is 2.24. The van der Waals surface area contributed by atoms with Crippen LogP contribution < -0.4 is 5.73 Å². The number of fused-ring (bicyclic) bond motifs is 1. The summed E-state index contributed by atoms with van der Waals surface area (Å²) in [6.45, 7) is 7.19. The van der Waals surface area contributed by atoms with Gasteiger partial charge in [-0.2, -0.15) is 0 Å². The van der Waals surface area contributed by atoms with Crippen molar-refractivity contribution in [3.8, 4) is 0 Å². The highest BCUT2D eigenvalue weighted by Crippen LogP contribution is 2.26. The first-order valence-corrected chi connectivity index (χ1v) is 11.1. The lowest BCUT2D eigenvalue weighted by Crippen LogP contribution is -2.38. The van der Waals surface area contributed by atoms with Gasteiger partial charge in [-0.3, -0.25) is 4.79 Å². The summed E-state index contributed by atoms with van der Waals surface area (Å²) in [6, 6.07) is 12.4. The predicted octanol–water partition coefficient (Wildman–Crippen LogP) is 4.52. The Bertz CT molecular complexity index is 807. The SMILES string of the molecule is CCCOCc1cc(CC(CC)CC(N)C(O)CC(C)C(=O)O)cc2ccccc12. The molecule has 0 saturated heterocycles. The van der Waals surface area contributed by atoms with Gasteiger partial charge in [0.1, 0.15) is 0 Å². The van der Waals surface area contributed by atoms with Crippen LogP contribution in [0.2, 0.25) is 0 Å². The van der Waals surface area contributed by atoms with Gasteiger partial charge < -0.3 is 20.7 Å². The summed E-state index contributed by atoms with van der Waals surface area (Å²) in [5, 5.41) is 21.8. The molecular formula is C25H37NO4. The van der Waals surface area contributed by atoms with E-state index in [1.807, 2.05) is 0 Å². The maximum absolute atomic E-state index is 11.0. The lowest BCUT2D eigenvalue weighted by Gasteiger charge is -2.25. The van der Waals surface area contributed by atoms with E-state index < -0.39 is 24.0 Å². The van der Waals surface area contributed by atoms with Gasteiger partial charge in [0.25, 0.3) is 0 Å². The Morgan fingerprint density at radius 2 is 1.90 bits per heavy atom. The minimum Gasteiger partial charge on any atom is -0.481 e. The number of carboxylic acid groups (broad SMARTS) is 1. The van der Waals surface area contributed by atoms with Crippen LogP contribution in [0.4, 0.5) is 0 Å². The molecule has 4 atom stereocenters. The van der Waals surface area contributed by atoms with Gasteiger partial charge >= 0.3 is 5.97 Å². The van der Waals surface area contributed by atoms with Crippen LogP contribution in [0.3, 0.4) is 0 Å². The number of carbonyl (C=O) groups is 1. The van der Waals surface area contributed by atoms with Crippen molar-refractivity contribution in [2.75, 3.05) is 6.61 Å². The zero-order chi connectivity index (χ0) is 22.1. The number of aliphatic hydroxyl groups is 1. The zero-order valence-electron chi connectivity index (χ0n) is 18.5. The molecule has 4 unspecified atom stereocenters. The number of aliphatic hydroxyl groups excluding tert-OH is 1. The zero-order valence-corrected chi connectivity index (χ0v) is 18.5. The van der Waals surface area contributed by atoms with Crippen LogP contribution in [-0.4, -0.2) is 34.9 Å². The van der Waals surface area contributed by atoms with E-state index in [2.05, 4.69) is 50.2 Å². The maximum Gasteiger partial charge on any atom is 0.306 e. The normalized spacial score (nSPS) is 15.6. The molecule has 0 radical (unpaired) electrons. The maximum atomic E-state index is 11.0. The Morgan fingerprint density at radius 3 is 2.57 bits per heavy atom. The van der Waals surface area contributed by atoms with Gasteiger partial charge in [0.2, 0.25) is 0 Å². The minimum absolute atomic E-state index is 0.182. The van der Waals surface area contributed by atoms with Crippen molar-refractivity contribution in [2.45, 2.75) is 71.6 Å². The second-order valence-electron chi connectivity index (χ2n) is 8.45. The van der Waals surface area contributed by atoms with Crippen molar-refractivity contribution in [3.63, 3.8) is 0 Å². The summed E-state index contributed by atoms with van der Waals surface area (Å²) >= 11 is 0. The summed E-state index contributed by atoms with van der Waals surface area (Å²) < 4.78 is 5.81. The third kappa shape index (κ3) is 7.08. The molecule has 5 nitrogen and oxygen atoms in total. The van der Waals surface area contributed by atoms with E-state index in [1.54, 1.807) is 6.92 Å². The van der Waals surface area contributed by atoms with E-state index >= 15 is 0 Å². The minimum atomic E-state index is -0.901. The Hall–Kier alpha value is -1.95. The molecule has 2 aromatic rings. The number of hydrogen-bond donors (Lipinski definition) is 3. The smallest absolute Gasteiger partial charge is 0.306 e. The van der Waals surface area contributed by atoms with E-state index in [9.17, 15) is 9.90 Å². The highest BCUT2D eigenvalue weighted by atomic mass is 16.5. The van der Waals surface area contributed by atoms with E-state index in [4.69, 9.17) is 15.6 Å². The molecule has 0 aliphatic heterocycles. The molecule has 0 bridgehead atoms. The van der Waals surface area contributed by atoms with Crippen molar-refractivity contribution in [2.24, 2.45) is 17.6 Å². The number of nitrogens with two attached hydrogens (primary N) is 1. The summed E-state index contributed by atoms with van der Waals surface area (Å²) in [5.74, 6) is -1.18. The molecule has 0 saturated carbocycles. The van der Waals surface area contributed by atoms with Crippen LogP contribution in [0, 0.1) is 11.8 Å². The average Bonchev–Trinajstić information content (AvgIpc) is 2.73. The molecule has 2 aromatic carbocycles. The quantitative estimate of drug-likeness (QED) is 0.418. The molecule has 0 amide bonds. The van der Waals surface area contributed by atoms with E-state index in [0.717, 1.165) is 25.9 Å². The van der Waals surface area contributed by atoms with Gasteiger partial charge in [-0.15, -0.1) is 0 Å². The molecule has 0 spiro atoms. The van der Waals surface area contributed by atoms with Crippen LogP contribution in [-0.2, 0) is 22.6 Å². The molecule has 30 heavy (non-hydrogen) atoms. The van der Waals surface area contributed by atoms with E-state index in [0.29, 0.717) is 18.9 Å². The van der Waals surface area contributed by atoms with Crippen LogP contribution in [0.25, 0.3) is 10.8 Å². The first-order chi connectivity index (χ1) is 14.3. The number of rotatable bonds is 13. The molecule has 0 aliphatic rings. The molecular weight excluding hydrogens is 378 g/mol. The number of hydrogen-bond acceptors (Lipinski definition) is 4. The highest BCUT2D eigenvalue weighted by molar-refractivity contribution is 5.86. The van der Waals surface area contributed by atoms with Crippen molar-refractivity contribution in [1.29, 1.82) is 0 Å². The van der Waals surface area contributed by atoms with Gasteiger partial charge in [-0.05, 0) is 53.5 Å². The Balaban J connectivity index is 2.11. The van der Waals surface area contributed by atoms with E-state index in [-0.39, 0.29) is 6.42 Å². The fraction of sp³-hybridized carbons (Fsp3) is 0.560. The Kier molecular flexibility index (Phi) is 9.76. The lowest BCUT2D eigenvalue weighted by atomic mass is 9.86. The van der Waals surface area contributed by atoms with Gasteiger partial charge in [0, 0.05) is 12.6 Å². The molecule has 0 aromatic heterocycles. The standard InChI is InChI=1S/C25H37NO4/c1-4-10-30-16-21-14-19(13-20-8-6-7-9-22(20)21)12-18(5-2)15-23(26)24(27)11-17(3)25(28)29/h6-9,13-14,17-18,23-24,27H,4-5,10-12,15-16,26H2,1-3H3,(H,28,29). The second-order valence-corrected chi connectivity index (χ2v) is 8.45. The molecule has 0 heterocycles. The first-order valence-electron chi connectivity index (χ1n) is 11.1. The fourth-order valence-electron chi connectivity index (χ4n) is 3.93. The van der Waals surface area contributed by atoms with Gasteiger partial charge in [0.15, 0.2) is 0 Å². The number of ether oxygens (including phenoxy) is 1. The topological polar surface area (TPSA) is 92.8 Å². The van der Waals surface area contributed by atoms with Crippen LogP contribution in [0.1, 0.15) is 57.6 Å². The predicted molar refractivity (Wildman–Crippen MR) is 121 cm³/mol. The number of carboxylic acids is 1. The molecule has 4 N–H and O–H groups in total. The largest absolute Gasteiger partial charge is 0.481 e. The fourth-order valence-corrected chi connectivity index (χ4v) is 3.93. The van der Waals surface area contributed by atoms with Crippen LogP contribution >= 0.6 is 0 Å². The van der Waals surface area contributed by atoms with Crippen LogP contribution in [0.15, 0.2) is 36.4 Å². The number of benzene rings is 2. The van der Waals surface area contributed by atoms with Gasteiger partial charge in [0.05, 0.1) is 18.6 Å². The molecule has 0 aliphatic carbocycles. The third-order valence-electron chi connectivity index (χ3n) is 5.83. The summed E-state index contributed by atoms with van der Waals surface area (Å²) in [5.41, 5.74) is 8.68. The summed E-state index contributed by atoms with van der Waals surface area (Å²) in [7, 11) is 0. The van der Waals surface area contributed by atoms with Crippen molar-refractivity contribution in [1.82, 2.24) is 0 Å². The Labute approximate surface area is 180 Å². The third-order valence-corrected chi connectivity index (χ3v) is 5.83. The molecule has 0 fully saturated rings. The summed E-state index contributed by atoms with van der Waals surface area (Å²) in [6.07, 6.45) is 2.86. The van der Waals surface area contributed by atoms with Gasteiger partial charge in [-0.1, -0.05) is 63.6 Å². The van der Waals surface area contributed by atoms with E-state index in [1.165, 1.54) is 21.9 Å².